The first-order valence-corrected chi connectivity index (χ1v) is 5.56. The summed E-state index contributed by atoms with van der Waals surface area (Å²) in [7, 11) is 0. The number of hydrogen-bond donors (Lipinski definition) is 1. The average Bonchev–Trinajstić information content (AvgIpc) is 2.11. The van der Waals surface area contributed by atoms with Gasteiger partial charge < -0.3 is 10.0 Å². The molecule has 0 atom stereocenters. The Morgan fingerprint density at radius 3 is 1.81 bits per heavy atom. The molecule has 0 aliphatic rings. The summed E-state index contributed by atoms with van der Waals surface area (Å²) >= 11 is 0. The number of carboxylic acid groups (broad SMARTS) is 1. The van der Waals surface area contributed by atoms with Gasteiger partial charge in [0.25, 0.3) is 0 Å². The molecule has 1 N–H and O–H groups in total. The van der Waals surface area contributed by atoms with E-state index in [1.54, 1.807) is 0 Å². The number of hydrogen-bond acceptors (Lipinski definition) is 2. The SMILES string of the molecule is CCC(C)(C)C(=O)N(CC(=O)O)C(C)(C)C. The molecule has 4 heteroatoms. The normalized spacial score (nSPS) is 12.4. The van der Waals surface area contributed by atoms with Crippen LogP contribution in [0.1, 0.15) is 48.0 Å². The van der Waals surface area contributed by atoms with Crippen LogP contribution in [-0.2, 0) is 9.59 Å². The maximum Gasteiger partial charge on any atom is 0.323 e. The molecule has 0 aromatic carbocycles. The third-order valence-corrected chi connectivity index (χ3v) is 2.81. The van der Waals surface area contributed by atoms with Crippen molar-refractivity contribution in [1.29, 1.82) is 0 Å². The van der Waals surface area contributed by atoms with Gasteiger partial charge in [-0.15, -0.1) is 0 Å². The third-order valence-electron chi connectivity index (χ3n) is 2.81. The van der Waals surface area contributed by atoms with Crippen LogP contribution in [0.2, 0.25) is 0 Å². The largest absolute Gasteiger partial charge is 0.480 e. The standard InChI is InChI=1S/C12H23NO3/c1-7-12(5,6)10(16)13(8-9(14)15)11(2,3)4/h7-8H2,1-6H3,(H,14,15). The minimum Gasteiger partial charge on any atom is -0.480 e. The van der Waals surface area contributed by atoms with E-state index in [-0.39, 0.29) is 12.5 Å². The van der Waals surface area contributed by atoms with Gasteiger partial charge in [0.15, 0.2) is 0 Å². The molecule has 1 amide bonds. The molecule has 0 heterocycles. The summed E-state index contributed by atoms with van der Waals surface area (Å²) < 4.78 is 0. The first kappa shape index (κ1) is 14.9. The van der Waals surface area contributed by atoms with Crippen LogP contribution < -0.4 is 0 Å². The minimum atomic E-state index is -0.977. The van der Waals surface area contributed by atoms with Crippen LogP contribution in [0, 0.1) is 5.41 Å². The van der Waals surface area contributed by atoms with Crippen molar-refractivity contribution in [2.45, 2.75) is 53.5 Å². The number of aliphatic carboxylic acids is 1. The fraction of sp³-hybridized carbons (Fsp3) is 0.833. The Bertz CT molecular complexity index is 276. The summed E-state index contributed by atoms with van der Waals surface area (Å²) in [4.78, 5) is 24.5. The van der Waals surface area contributed by atoms with E-state index < -0.39 is 16.9 Å². The molecular formula is C12H23NO3. The third kappa shape index (κ3) is 3.83. The van der Waals surface area contributed by atoms with Crippen LogP contribution >= 0.6 is 0 Å². The Morgan fingerprint density at radius 1 is 1.12 bits per heavy atom. The van der Waals surface area contributed by atoms with Crippen LogP contribution in [0.15, 0.2) is 0 Å². The molecule has 16 heavy (non-hydrogen) atoms. The van der Waals surface area contributed by atoms with E-state index >= 15 is 0 Å². The first-order valence-electron chi connectivity index (χ1n) is 5.56. The highest BCUT2D eigenvalue weighted by molar-refractivity contribution is 5.86. The molecule has 0 aromatic rings. The second kappa shape index (κ2) is 4.85. The zero-order valence-electron chi connectivity index (χ0n) is 11.1. The van der Waals surface area contributed by atoms with Gasteiger partial charge in [0.1, 0.15) is 6.54 Å². The fourth-order valence-corrected chi connectivity index (χ4v) is 1.27. The number of carbonyl (C=O) groups is 2. The van der Waals surface area contributed by atoms with E-state index in [0.717, 1.165) is 0 Å². The molecule has 0 rings (SSSR count). The number of rotatable bonds is 4. The lowest BCUT2D eigenvalue weighted by Gasteiger charge is -2.39. The quantitative estimate of drug-likeness (QED) is 0.803. The monoisotopic (exact) mass is 229 g/mol. The molecule has 94 valence electrons. The maximum absolute atomic E-state index is 12.2. The summed E-state index contributed by atoms with van der Waals surface area (Å²) in [5.41, 5.74) is -0.982. The Morgan fingerprint density at radius 2 is 1.56 bits per heavy atom. The first-order chi connectivity index (χ1) is 7.02. The van der Waals surface area contributed by atoms with Crippen molar-refractivity contribution in [2.75, 3.05) is 6.54 Å². The van der Waals surface area contributed by atoms with E-state index in [1.807, 2.05) is 41.5 Å². The predicted octanol–water partition coefficient (Wildman–Crippen LogP) is 2.13. The van der Waals surface area contributed by atoms with Gasteiger partial charge in [-0.1, -0.05) is 20.8 Å². The topological polar surface area (TPSA) is 57.6 Å². The molecule has 0 unspecified atom stereocenters. The second-order valence-electron chi connectivity index (χ2n) is 5.69. The van der Waals surface area contributed by atoms with Crippen molar-refractivity contribution in [2.24, 2.45) is 5.41 Å². The molecule has 0 spiro atoms. The molecule has 0 saturated heterocycles. The average molecular weight is 229 g/mol. The highest BCUT2D eigenvalue weighted by Gasteiger charge is 2.36. The van der Waals surface area contributed by atoms with Crippen molar-refractivity contribution >= 4 is 11.9 Å². The summed E-state index contributed by atoms with van der Waals surface area (Å²) in [6.45, 7) is 10.9. The van der Waals surface area contributed by atoms with Crippen molar-refractivity contribution in [3.8, 4) is 0 Å². The zero-order valence-corrected chi connectivity index (χ0v) is 11.1. The van der Waals surface area contributed by atoms with E-state index in [4.69, 9.17) is 5.11 Å². The molecule has 0 aromatic heterocycles. The predicted molar refractivity (Wildman–Crippen MR) is 63.2 cm³/mol. The Labute approximate surface area is 97.6 Å². The van der Waals surface area contributed by atoms with Gasteiger partial charge >= 0.3 is 5.97 Å². The molecule has 0 bridgehead atoms. The molecule has 0 aliphatic carbocycles. The van der Waals surface area contributed by atoms with E-state index in [0.29, 0.717) is 6.42 Å². The van der Waals surface area contributed by atoms with Crippen LogP contribution in [0.5, 0.6) is 0 Å². The van der Waals surface area contributed by atoms with Gasteiger partial charge in [0.2, 0.25) is 5.91 Å². The molecule has 4 nitrogen and oxygen atoms in total. The molecule has 0 radical (unpaired) electrons. The highest BCUT2D eigenvalue weighted by Crippen LogP contribution is 2.27. The van der Waals surface area contributed by atoms with Crippen LogP contribution in [0.25, 0.3) is 0 Å². The molecular weight excluding hydrogens is 206 g/mol. The summed E-state index contributed by atoms with van der Waals surface area (Å²) in [5.74, 6) is -1.08. The highest BCUT2D eigenvalue weighted by atomic mass is 16.4. The van der Waals surface area contributed by atoms with Crippen molar-refractivity contribution in [3.05, 3.63) is 0 Å². The Balaban J connectivity index is 5.06. The minimum absolute atomic E-state index is 0.107. The second-order valence-corrected chi connectivity index (χ2v) is 5.69. The van der Waals surface area contributed by atoms with Gasteiger partial charge in [-0.25, -0.2) is 0 Å². The number of amides is 1. The smallest absolute Gasteiger partial charge is 0.323 e. The van der Waals surface area contributed by atoms with Crippen LogP contribution in [0.3, 0.4) is 0 Å². The van der Waals surface area contributed by atoms with Crippen molar-refractivity contribution in [1.82, 2.24) is 4.90 Å². The fourth-order valence-electron chi connectivity index (χ4n) is 1.27. The van der Waals surface area contributed by atoms with E-state index in [1.165, 1.54) is 4.90 Å². The van der Waals surface area contributed by atoms with Gasteiger partial charge in [-0.05, 0) is 27.2 Å². The molecule has 0 aliphatic heterocycles. The van der Waals surface area contributed by atoms with Crippen LogP contribution in [0.4, 0.5) is 0 Å². The number of carbonyl (C=O) groups excluding carboxylic acids is 1. The van der Waals surface area contributed by atoms with Crippen LogP contribution in [-0.4, -0.2) is 34.0 Å². The number of nitrogens with zero attached hydrogens (tertiary/aromatic N) is 1. The Hall–Kier alpha value is -1.06. The number of carboxylic acids is 1. The lowest BCUT2D eigenvalue weighted by molar-refractivity contribution is -0.153. The Kier molecular flexibility index (Phi) is 4.53. The maximum atomic E-state index is 12.2. The van der Waals surface area contributed by atoms with Crippen molar-refractivity contribution < 1.29 is 14.7 Å². The molecule has 0 fully saturated rings. The summed E-state index contributed by atoms with van der Waals surface area (Å²) in [5, 5.41) is 8.84. The van der Waals surface area contributed by atoms with Crippen molar-refractivity contribution in [3.63, 3.8) is 0 Å². The lowest BCUT2D eigenvalue weighted by atomic mass is 9.87. The van der Waals surface area contributed by atoms with Gasteiger partial charge in [-0.2, -0.15) is 0 Å². The van der Waals surface area contributed by atoms with Gasteiger partial charge in [0, 0.05) is 11.0 Å². The molecule has 0 saturated carbocycles. The van der Waals surface area contributed by atoms with Gasteiger partial charge in [-0.3, -0.25) is 9.59 Å². The lowest BCUT2D eigenvalue weighted by Crippen LogP contribution is -2.52. The van der Waals surface area contributed by atoms with E-state index in [9.17, 15) is 9.59 Å². The zero-order chi connectivity index (χ0) is 13.1. The van der Waals surface area contributed by atoms with E-state index in [2.05, 4.69) is 0 Å². The van der Waals surface area contributed by atoms with Gasteiger partial charge in [0.05, 0.1) is 0 Å². The summed E-state index contributed by atoms with van der Waals surface area (Å²) in [6, 6.07) is 0. The summed E-state index contributed by atoms with van der Waals surface area (Å²) in [6.07, 6.45) is 0.692.